The molecule has 0 amide bonds. The molecule has 16 heavy (non-hydrogen) atoms. The molecule has 0 aliphatic carbocycles. The summed E-state index contributed by atoms with van der Waals surface area (Å²) < 4.78 is 0. The number of aliphatic hydroxyl groups excluding tert-OH is 2. The Morgan fingerprint density at radius 2 is 1.56 bits per heavy atom. The van der Waals surface area contributed by atoms with Crippen molar-refractivity contribution in [1.29, 1.82) is 0 Å². The summed E-state index contributed by atoms with van der Waals surface area (Å²) in [5.74, 6) is 0. The molecule has 1 rings (SSSR count). The molecule has 90 valence electrons. The molecule has 0 saturated carbocycles. The van der Waals surface area contributed by atoms with Crippen LogP contribution in [0.5, 0.6) is 0 Å². The molecule has 0 aromatic heterocycles. The van der Waals surface area contributed by atoms with Crippen LogP contribution in [0.2, 0.25) is 0 Å². The van der Waals surface area contributed by atoms with Crippen LogP contribution in [0.25, 0.3) is 0 Å². The molecular formula is C14H22O2. The van der Waals surface area contributed by atoms with Crippen LogP contribution >= 0.6 is 0 Å². The second kappa shape index (κ2) is 5.46. The topological polar surface area (TPSA) is 40.5 Å². The van der Waals surface area contributed by atoms with Gasteiger partial charge < -0.3 is 10.2 Å². The molecule has 2 N–H and O–H groups in total. The van der Waals surface area contributed by atoms with Gasteiger partial charge in [-0.15, -0.1) is 0 Å². The minimum absolute atomic E-state index is 0.115. The van der Waals surface area contributed by atoms with Crippen molar-refractivity contribution < 1.29 is 10.2 Å². The second-order valence-electron chi connectivity index (χ2n) is 5.39. The van der Waals surface area contributed by atoms with E-state index < -0.39 is 6.10 Å². The van der Waals surface area contributed by atoms with E-state index in [1.165, 1.54) is 0 Å². The average Bonchev–Trinajstić information content (AvgIpc) is 2.25. The fraction of sp³-hybridized carbons (Fsp3) is 0.571. The fourth-order valence-corrected chi connectivity index (χ4v) is 1.59. The van der Waals surface area contributed by atoms with Crippen molar-refractivity contribution >= 4 is 0 Å². The average molecular weight is 222 g/mol. The van der Waals surface area contributed by atoms with Gasteiger partial charge in [0.25, 0.3) is 0 Å². The van der Waals surface area contributed by atoms with E-state index in [9.17, 15) is 10.2 Å². The number of rotatable bonds is 4. The largest absolute Gasteiger partial charge is 0.393 e. The van der Waals surface area contributed by atoms with E-state index in [0.29, 0.717) is 12.8 Å². The summed E-state index contributed by atoms with van der Waals surface area (Å²) >= 11 is 0. The van der Waals surface area contributed by atoms with E-state index in [4.69, 9.17) is 0 Å². The van der Waals surface area contributed by atoms with Gasteiger partial charge in [0.05, 0.1) is 12.2 Å². The Balaban J connectivity index is 2.45. The van der Waals surface area contributed by atoms with E-state index in [1.807, 2.05) is 51.1 Å². The van der Waals surface area contributed by atoms with Crippen LogP contribution in [0.1, 0.15) is 45.3 Å². The van der Waals surface area contributed by atoms with Crippen LogP contribution in [0, 0.1) is 5.41 Å². The van der Waals surface area contributed by atoms with Crippen molar-refractivity contribution in [2.45, 2.75) is 45.8 Å². The maximum absolute atomic E-state index is 9.92. The lowest BCUT2D eigenvalue weighted by molar-refractivity contribution is 0.0390. The summed E-state index contributed by atoms with van der Waals surface area (Å²) in [6.45, 7) is 6.02. The summed E-state index contributed by atoms with van der Waals surface area (Å²) in [6.07, 6.45) is 0.381. The Morgan fingerprint density at radius 1 is 1.00 bits per heavy atom. The van der Waals surface area contributed by atoms with Crippen LogP contribution in [0.4, 0.5) is 0 Å². The highest BCUT2D eigenvalue weighted by Gasteiger charge is 2.22. The van der Waals surface area contributed by atoms with Gasteiger partial charge in [0.1, 0.15) is 0 Å². The minimum Gasteiger partial charge on any atom is -0.393 e. The maximum Gasteiger partial charge on any atom is 0.0791 e. The van der Waals surface area contributed by atoms with Crippen molar-refractivity contribution in [3.63, 3.8) is 0 Å². The molecule has 0 radical (unpaired) electrons. The molecule has 0 fully saturated rings. The van der Waals surface area contributed by atoms with Gasteiger partial charge in [-0.25, -0.2) is 0 Å². The van der Waals surface area contributed by atoms with Crippen LogP contribution < -0.4 is 0 Å². The molecule has 0 aliphatic heterocycles. The molecule has 1 aromatic carbocycles. The number of benzene rings is 1. The van der Waals surface area contributed by atoms with Crippen molar-refractivity contribution in [2.24, 2.45) is 5.41 Å². The third kappa shape index (κ3) is 3.95. The first-order chi connectivity index (χ1) is 7.41. The molecule has 2 heteroatoms. The van der Waals surface area contributed by atoms with Gasteiger partial charge in [-0.2, -0.15) is 0 Å². The van der Waals surface area contributed by atoms with E-state index >= 15 is 0 Å². The van der Waals surface area contributed by atoms with Gasteiger partial charge in [0.2, 0.25) is 0 Å². The Labute approximate surface area is 97.9 Å². The second-order valence-corrected chi connectivity index (χ2v) is 5.39. The first kappa shape index (κ1) is 13.2. The number of aliphatic hydroxyl groups is 2. The normalized spacial score (nSPS) is 15.8. The standard InChI is InChI=1S/C14H22O2/c1-14(2,3)13(16)10-9-12(15)11-7-5-4-6-8-11/h4-8,12-13,15-16H,9-10H2,1-3H3/t12-,13-/m1/s1. The molecule has 2 atom stereocenters. The molecule has 0 saturated heterocycles. The summed E-state index contributed by atoms with van der Waals surface area (Å²) in [5, 5.41) is 19.8. The maximum atomic E-state index is 9.92. The van der Waals surface area contributed by atoms with Crippen molar-refractivity contribution in [1.82, 2.24) is 0 Å². The molecule has 0 aliphatic rings. The molecule has 2 nitrogen and oxygen atoms in total. The highest BCUT2D eigenvalue weighted by atomic mass is 16.3. The summed E-state index contributed by atoms with van der Waals surface area (Å²) in [6, 6.07) is 9.58. The first-order valence-corrected chi connectivity index (χ1v) is 5.82. The highest BCUT2D eigenvalue weighted by molar-refractivity contribution is 5.17. The van der Waals surface area contributed by atoms with Gasteiger partial charge in [-0.1, -0.05) is 51.1 Å². The van der Waals surface area contributed by atoms with E-state index in [2.05, 4.69) is 0 Å². The van der Waals surface area contributed by atoms with Crippen LogP contribution in [-0.2, 0) is 0 Å². The summed E-state index contributed by atoms with van der Waals surface area (Å²) in [5.41, 5.74) is 0.805. The Morgan fingerprint density at radius 3 is 2.06 bits per heavy atom. The van der Waals surface area contributed by atoms with Crippen molar-refractivity contribution in [2.75, 3.05) is 0 Å². The minimum atomic E-state index is -0.474. The van der Waals surface area contributed by atoms with Crippen LogP contribution in [-0.4, -0.2) is 16.3 Å². The molecule has 0 unspecified atom stereocenters. The fourth-order valence-electron chi connectivity index (χ4n) is 1.59. The molecule has 0 spiro atoms. The van der Waals surface area contributed by atoms with Crippen LogP contribution in [0.3, 0.4) is 0 Å². The number of hydrogen-bond donors (Lipinski definition) is 2. The Bertz CT molecular complexity index is 300. The predicted molar refractivity (Wildman–Crippen MR) is 66.1 cm³/mol. The Hall–Kier alpha value is -0.860. The third-order valence-electron chi connectivity index (χ3n) is 2.90. The van der Waals surface area contributed by atoms with Crippen molar-refractivity contribution in [3.05, 3.63) is 35.9 Å². The quantitative estimate of drug-likeness (QED) is 0.822. The predicted octanol–water partition coefficient (Wildman–Crippen LogP) is 2.91. The lowest BCUT2D eigenvalue weighted by Gasteiger charge is -2.26. The van der Waals surface area contributed by atoms with Gasteiger partial charge in [0, 0.05) is 0 Å². The lowest BCUT2D eigenvalue weighted by atomic mass is 9.85. The monoisotopic (exact) mass is 222 g/mol. The Kier molecular flexibility index (Phi) is 4.51. The highest BCUT2D eigenvalue weighted by Crippen LogP contribution is 2.26. The SMILES string of the molecule is CC(C)(C)[C@H](O)CC[C@@H](O)c1ccccc1. The molecular weight excluding hydrogens is 200 g/mol. The van der Waals surface area contributed by atoms with Gasteiger partial charge >= 0.3 is 0 Å². The van der Waals surface area contributed by atoms with Gasteiger partial charge in [-0.05, 0) is 23.8 Å². The van der Waals surface area contributed by atoms with E-state index in [0.717, 1.165) is 5.56 Å². The first-order valence-electron chi connectivity index (χ1n) is 5.82. The van der Waals surface area contributed by atoms with Gasteiger partial charge in [0.15, 0.2) is 0 Å². The smallest absolute Gasteiger partial charge is 0.0791 e. The van der Waals surface area contributed by atoms with Crippen LogP contribution in [0.15, 0.2) is 30.3 Å². The van der Waals surface area contributed by atoms with Gasteiger partial charge in [-0.3, -0.25) is 0 Å². The zero-order chi connectivity index (χ0) is 12.2. The van der Waals surface area contributed by atoms with E-state index in [1.54, 1.807) is 0 Å². The summed E-state index contributed by atoms with van der Waals surface area (Å²) in [4.78, 5) is 0. The number of hydrogen-bond acceptors (Lipinski definition) is 2. The zero-order valence-electron chi connectivity index (χ0n) is 10.4. The molecule has 1 aromatic rings. The lowest BCUT2D eigenvalue weighted by Crippen LogP contribution is -2.26. The zero-order valence-corrected chi connectivity index (χ0v) is 10.4. The van der Waals surface area contributed by atoms with Crippen molar-refractivity contribution in [3.8, 4) is 0 Å². The van der Waals surface area contributed by atoms with E-state index in [-0.39, 0.29) is 11.5 Å². The summed E-state index contributed by atoms with van der Waals surface area (Å²) in [7, 11) is 0. The molecule has 0 heterocycles. The third-order valence-corrected chi connectivity index (χ3v) is 2.90. The molecule has 0 bridgehead atoms.